The summed E-state index contributed by atoms with van der Waals surface area (Å²) in [6.45, 7) is 4.54. The molecule has 1 aliphatic heterocycles. The summed E-state index contributed by atoms with van der Waals surface area (Å²) in [6, 6.07) is 6.57. The zero-order valence-corrected chi connectivity index (χ0v) is 13.0. The first-order chi connectivity index (χ1) is 9.61. The number of nitrogens with zero attached hydrogens (tertiary/aromatic N) is 2. The van der Waals surface area contributed by atoms with Gasteiger partial charge in [-0.15, -0.1) is 0 Å². The summed E-state index contributed by atoms with van der Waals surface area (Å²) in [4.78, 5) is 5.70. The fourth-order valence-electron chi connectivity index (χ4n) is 3.35. The van der Waals surface area contributed by atoms with Crippen LogP contribution in [0.1, 0.15) is 19.4 Å². The van der Waals surface area contributed by atoms with E-state index in [0.717, 1.165) is 41.1 Å². The highest BCUT2D eigenvalue weighted by molar-refractivity contribution is 7.71. The monoisotopic (exact) mass is 291 g/mol. The number of hydrogen-bond donors (Lipinski definition) is 1. The molecule has 1 aromatic carbocycles. The lowest BCUT2D eigenvalue weighted by Crippen LogP contribution is -2.37. The van der Waals surface area contributed by atoms with Crippen molar-refractivity contribution in [3.05, 3.63) is 23.0 Å². The third kappa shape index (κ3) is 2.15. The zero-order chi connectivity index (χ0) is 14.3. The lowest BCUT2D eigenvalue weighted by molar-refractivity contribution is 0.160. The second-order valence-electron chi connectivity index (χ2n) is 5.75. The van der Waals surface area contributed by atoms with Crippen LogP contribution in [0.15, 0.2) is 18.2 Å². The topological polar surface area (TPSA) is 33.2 Å². The average Bonchev–Trinajstić information content (AvgIpc) is 2.75. The Kier molecular flexibility index (Phi) is 3.56. The number of hydrogen-bond acceptors (Lipinski definition) is 3. The van der Waals surface area contributed by atoms with Gasteiger partial charge in [0.2, 0.25) is 0 Å². The molecule has 2 aromatic rings. The van der Waals surface area contributed by atoms with Gasteiger partial charge < -0.3 is 19.2 Å². The molecule has 1 saturated heterocycles. The Balaban J connectivity index is 2.12. The van der Waals surface area contributed by atoms with Crippen LogP contribution in [-0.4, -0.2) is 41.7 Å². The van der Waals surface area contributed by atoms with Crippen molar-refractivity contribution in [1.82, 2.24) is 14.5 Å². The van der Waals surface area contributed by atoms with Gasteiger partial charge in [0.15, 0.2) is 4.77 Å². The number of rotatable bonds is 2. The van der Waals surface area contributed by atoms with Crippen molar-refractivity contribution >= 4 is 23.3 Å². The average molecular weight is 291 g/mol. The van der Waals surface area contributed by atoms with Crippen LogP contribution in [0.25, 0.3) is 11.0 Å². The predicted octanol–water partition coefficient (Wildman–Crippen LogP) is 3.22. The van der Waals surface area contributed by atoms with Crippen molar-refractivity contribution in [1.29, 1.82) is 0 Å². The Morgan fingerprint density at radius 1 is 1.40 bits per heavy atom. The molecule has 0 spiro atoms. The Hall–Kier alpha value is -1.33. The van der Waals surface area contributed by atoms with Gasteiger partial charge in [0.1, 0.15) is 11.3 Å². The summed E-state index contributed by atoms with van der Waals surface area (Å²) in [6.07, 6.45) is 1.14. The number of para-hydroxylation sites is 1. The van der Waals surface area contributed by atoms with Gasteiger partial charge in [-0.2, -0.15) is 0 Å². The fraction of sp³-hybridized carbons (Fsp3) is 0.533. The van der Waals surface area contributed by atoms with Crippen molar-refractivity contribution in [2.75, 3.05) is 27.2 Å². The number of aromatic amines is 1. The third-order valence-corrected chi connectivity index (χ3v) is 4.63. The maximum atomic E-state index is 5.56. The van der Waals surface area contributed by atoms with E-state index in [1.807, 2.05) is 12.1 Å². The first-order valence-electron chi connectivity index (χ1n) is 7.07. The molecule has 2 heterocycles. The lowest BCUT2D eigenvalue weighted by Gasteiger charge is -2.35. The lowest BCUT2D eigenvalue weighted by atomic mass is 9.94. The van der Waals surface area contributed by atoms with Crippen LogP contribution >= 0.6 is 12.2 Å². The number of H-pyrrole nitrogens is 1. The van der Waals surface area contributed by atoms with Crippen molar-refractivity contribution in [2.24, 2.45) is 5.92 Å². The van der Waals surface area contributed by atoms with Crippen LogP contribution in [0, 0.1) is 10.7 Å². The highest BCUT2D eigenvalue weighted by Crippen LogP contribution is 2.33. The normalized spacial score (nSPS) is 24.1. The van der Waals surface area contributed by atoms with Crippen molar-refractivity contribution in [3.8, 4) is 5.75 Å². The minimum Gasteiger partial charge on any atom is -0.494 e. The van der Waals surface area contributed by atoms with Gasteiger partial charge in [-0.3, -0.25) is 0 Å². The predicted molar refractivity (Wildman–Crippen MR) is 84.0 cm³/mol. The molecule has 4 nitrogen and oxygen atoms in total. The first kappa shape index (κ1) is 13.6. The smallest absolute Gasteiger partial charge is 0.178 e. The quantitative estimate of drug-likeness (QED) is 0.863. The Morgan fingerprint density at radius 2 is 2.20 bits per heavy atom. The zero-order valence-electron chi connectivity index (χ0n) is 12.2. The first-order valence-corrected chi connectivity index (χ1v) is 7.48. The third-order valence-electron chi connectivity index (χ3n) is 4.33. The molecule has 0 aliphatic carbocycles. The summed E-state index contributed by atoms with van der Waals surface area (Å²) in [5.74, 6) is 1.44. The molecule has 20 heavy (non-hydrogen) atoms. The number of aromatic nitrogens is 2. The van der Waals surface area contributed by atoms with E-state index in [0.29, 0.717) is 12.0 Å². The largest absolute Gasteiger partial charge is 0.494 e. The molecule has 1 aliphatic rings. The summed E-state index contributed by atoms with van der Waals surface area (Å²) in [5, 5.41) is 0. The Bertz CT molecular complexity index is 675. The molecule has 0 saturated carbocycles. The maximum absolute atomic E-state index is 5.56. The number of benzene rings is 1. The van der Waals surface area contributed by atoms with Gasteiger partial charge in [0, 0.05) is 12.6 Å². The molecular formula is C15H21N3OS. The summed E-state index contributed by atoms with van der Waals surface area (Å²) >= 11 is 5.56. The van der Waals surface area contributed by atoms with Gasteiger partial charge in [-0.25, -0.2) is 0 Å². The molecule has 2 unspecified atom stereocenters. The number of likely N-dealkylation sites (tertiary alicyclic amines) is 1. The molecular weight excluding hydrogens is 270 g/mol. The summed E-state index contributed by atoms with van der Waals surface area (Å²) in [5.41, 5.74) is 2.15. The summed E-state index contributed by atoms with van der Waals surface area (Å²) < 4.78 is 8.51. The van der Waals surface area contributed by atoms with E-state index in [2.05, 4.69) is 34.5 Å². The number of methoxy groups -OCH3 is 1. The number of ether oxygens (including phenoxy) is 1. The van der Waals surface area contributed by atoms with E-state index in [1.165, 1.54) is 0 Å². The number of nitrogens with one attached hydrogen (secondary N) is 1. The highest BCUT2D eigenvalue weighted by atomic mass is 32.1. The molecule has 1 aromatic heterocycles. The van der Waals surface area contributed by atoms with Crippen LogP contribution in [0.2, 0.25) is 0 Å². The number of fused-ring (bicyclic) bond motifs is 1. The second-order valence-corrected chi connectivity index (χ2v) is 6.14. The SMILES string of the molecule is COc1cccc2c1[nH]c(=S)n2C1CCN(C)CC1C. The summed E-state index contributed by atoms with van der Waals surface area (Å²) in [7, 11) is 3.88. The molecule has 2 atom stereocenters. The molecule has 1 fully saturated rings. The molecule has 5 heteroatoms. The van der Waals surface area contributed by atoms with Crippen LogP contribution in [-0.2, 0) is 0 Å². The van der Waals surface area contributed by atoms with Crippen molar-refractivity contribution in [3.63, 3.8) is 0 Å². The Morgan fingerprint density at radius 3 is 2.90 bits per heavy atom. The van der Waals surface area contributed by atoms with Gasteiger partial charge in [0.25, 0.3) is 0 Å². The van der Waals surface area contributed by atoms with Gasteiger partial charge in [-0.05, 0) is 50.3 Å². The van der Waals surface area contributed by atoms with Crippen LogP contribution in [0.5, 0.6) is 5.75 Å². The van der Waals surface area contributed by atoms with Crippen LogP contribution < -0.4 is 4.74 Å². The molecule has 3 rings (SSSR count). The van der Waals surface area contributed by atoms with Crippen LogP contribution in [0.3, 0.4) is 0 Å². The van der Waals surface area contributed by atoms with Gasteiger partial charge in [-0.1, -0.05) is 13.0 Å². The molecule has 108 valence electrons. The van der Waals surface area contributed by atoms with Crippen molar-refractivity contribution < 1.29 is 4.74 Å². The van der Waals surface area contributed by atoms with Crippen LogP contribution in [0.4, 0.5) is 0 Å². The van der Waals surface area contributed by atoms with E-state index in [-0.39, 0.29) is 0 Å². The number of imidazole rings is 1. The minimum atomic E-state index is 0.458. The van der Waals surface area contributed by atoms with E-state index in [9.17, 15) is 0 Å². The van der Waals surface area contributed by atoms with E-state index < -0.39 is 0 Å². The fourth-order valence-corrected chi connectivity index (χ4v) is 3.68. The maximum Gasteiger partial charge on any atom is 0.178 e. The van der Waals surface area contributed by atoms with E-state index in [1.54, 1.807) is 7.11 Å². The number of piperidine rings is 1. The molecule has 0 radical (unpaired) electrons. The molecule has 0 amide bonds. The van der Waals surface area contributed by atoms with Crippen molar-refractivity contribution in [2.45, 2.75) is 19.4 Å². The van der Waals surface area contributed by atoms with E-state index in [4.69, 9.17) is 17.0 Å². The minimum absolute atomic E-state index is 0.458. The van der Waals surface area contributed by atoms with E-state index >= 15 is 0 Å². The van der Waals surface area contributed by atoms with Gasteiger partial charge in [0.05, 0.1) is 12.6 Å². The highest BCUT2D eigenvalue weighted by Gasteiger charge is 2.27. The van der Waals surface area contributed by atoms with Gasteiger partial charge >= 0.3 is 0 Å². The Labute approximate surface area is 124 Å². The second kappa shape index (κ2) is 5.22. The molecule has 1 N–H and O–H groups in total. The standard InChI is InChI=1S/C15H21N3OS/c1-10-9-17(2)8-7-11(10)18-12-5-4-6-13(19-3)14(12)16-15(18)20/h4-6,10-11H,7-9H2,1-3H3,(H,16,20). The molecule has 0 bridgehead atoms.